The van der Waals surface area contributed by atoms with E-state index < -0.39 is 0 Å². The summed E-state index contributed by atoms with van der Waals surface area (Å²) in [5, 5.41) is 0. The van der Waals surface area contributed by atoms with Crippen LogP contribution in [0.4, 0.5) is 0 Å². The fourth-order valence-electron chi connectivity index (χ4n) is 3.41. The van der Waals surface area contributed by atoms with Crippen LogP contribution in [0.25, 0.3) is 0 Å². The third kappa shape index (κ3) is 4.67. The fraction of sp³-hybridized carbons (Fsp3) is 0.364. The van der Waals surface area contributed by atoms with Gasteiger partial charge in [0.25, 0.3) is 5.91 Å². The lowest BCUT2D eigenvalue weighted by atomic mass is 10.1. The van der Waals surface area contributed by atoms with Crippen LogP contribution in [0.3, 0.4) is 0 Å². The second kappa shape index (κ2) is 8.71. The SMILES string of the molecule is COc1ccc(C(=O)N2CCN(C(=O)CCc3ccccc3)CC2)cc1C. The summed E-state index contributed by atoms with van der Waals surface area (Å²) in [6.07, 6.45) is 1.26. The highest BCUT2D eigenvalue weighted by Gasteiger charge is 2.24. The number of aryl methyl sites for hydroxylation is 2. The molecule has 2 aromatic rings. The van der Waals surface area contributed by atoms with Crippen molar-refractivity contribution >= 4 is 11.8 Å². The molecule has 1 aliphatic heterocycles. The van der Waals surface area contributed by atoms with Crippen LogP contribution in [0, 0.1) is 6.92 Å². The Bertz CT molecular complexity index is 796. The van der Waals surface area contributed by atoms with E-state index in [0.717, 1.165) is 17.7 Å². The summed E-state index contributed by atoms with van der Waals surface area (Å²) in [6, 6.07) is 15.5. The molecule has 0 radical (unpaired) electrons. The van der Waals surface area contributed by atoms with Crippen LogP contribution in [-0.2, 0) is 11.2 Å². The molecule has 0 spiro atoms. The first-order chi connectivity index (χ1) is 13.1. The van der Waals surface area contributed by atoms with Gasteiger partial charge in [-0.05, 0) is 42.7 Å². The Hall–Kier alpha value is -2.82. The van der Waals surface area contributed by atoms with Crippen molar-refractivity contribution in [1.29, 1.82) is 0 Å². The van der Waals surface area contributed by atoms with Crippen LogP contribution < -0.4 is 4.74 Å². The van der Waals surface area contributed by atoms with Crippen molar-refractivity contribution in [2.24, 2.45) is 0 Å². The van der Waals surface area contributed by atoms with E-state index in [1.807, 2.05) is 59.2 Å². The number of carbonyl (C=O) groups excluding carboxylic acids is 2. The lowest BCUT2D eigenvalue weighted by Gasteiger charge is -2.35. The molecule has 0 N–H and O–H groups in total. The highest BCUT2D eigenvalue weighted by Crippen LogP contribution is 2.20. The van der Waals surface area contributed by atoms with E-state index in [0.29, 0.717) is 38.2 Å². The van der Waals surface area contributed by atoms with Gasteiger partial charge in [-0.15, -0.1) is 0 Å². The third-order valence-electron chi connectivity index (χ3n) is 5.03. The minimum Gasteiger partial charge on any atom is -0.496 e. The van der Waals surface area contributed by atoms with E-state index in [1.165, 1.54) is 5.56 Å². The first kappa shape index (κ1) is 19.0. The molecule has 2 amide bonds. The Morgan fingerprint density at radius 1 is 0.963 bits per heavy atom. The van der Waals surface area contributed by atoms with Crippen LogP contribution in [0.5, 0.6) is 5.75 Å². The number of carbonyl (C=O) groups is 2. The topological polar surface area (TPSA) is 49.9 Å². The van der Waals surface area contributed by atoms with Gasteiger partial charge in [0.15, 0.2) is 0 Å². The zero-order valence-corrected chi connectivity index (χ0v) is 16.0. The lowest BCUT2D eigenvalue weighted by Crippen LogP contribution is -2.50. The molecule has 0 unspecified atom stereocenters. The van der Waals surface area contributed by atoms with Gasteiger partial charge in [0.1, 0.15) is 5.75 Å². The van der Waals surface area contributed by atoms with Crippen LogP contribution >= 0.6 is 0 Å². The van der Waals surface area contributed by atoms with Crippen LogP contribution in [0.1, 0.15) is 27.9 Å². The minimum absolute atomic E-state index is 0.0112. The zero-order valence-electron chi connectivity index (χ0n) is 16.0. The van der Waals surface area contributed by atoms with Crippen molar-refractivity contribution in [3.8, 4) is 5.75 Å². The molecule has 0 atom stereocenters. The smallest absolute Gasteiger partial charge is 0.253 e. The molecule has 0 aromatic heterocycles. The second-order valence-electron chi connectivity index (χ2n) is 6.84. The van der Waals surface area contributed by atoms with Gasteiger partial charge in [0.2, 0.25) is 5.91 Å². The highest BCUT2D eigenvalue weighted by molar-refractivity contribution is 5.94. The predicted octanol–water partition coefficient (Wildman–Crippen LogP) is 2.92. The Balaban J connectivity index is 1.51. The number of nitrogens with zero attached hydrogens (tertiary/aromatic N) is 2. The molecule has 0 aliphatic carbocycles. The van der Waals surface area contributed by atoms with E-state index >= 15 is 0 Å². The van der Waals surface area contributed by atoms with Gasteiger partial charge < -0.3 is 14.5 Å². The summed E-state index contributed by atoms with van der Waals surface area (Å²) in [6.45, 7) is 4.25. The van der Waals surface area contributed by atoms with Gasteiger partial charge in [-0.1, -0.05) is 30.3 Å². The normalized spacial score (nSPS) is 14.1. The van der Waals surface area contributed by atoms with Crippen molar-refractivity contribution in [1.82, 2.24) is 9.80 Å². The number of amides is 2. The summed E-state index contributed by atoms with van der Waals surface area (Å²) in [5.41, 5.74) is 2.78. The molecule has 5 nitrogen and oxygen atoms in total. The van der Waals surface area contributed by atoms with E-state index in [9.17, 15) is 9.59 Å². The van der Waals surface area contributed by atoms with E-state index in [2.05, 4.69) is 0 Å². The fourth-order valence-corrected chi connectivity index (χ4v) is 3.41. The molecular weight excluding hydrogens is 340 g/mol. The molecule has 5 heteroatoms. The molecule has 1 aliphatic rings. The minimum atomic E-state index is 0.0112. The highest BCUT2D eigenvalue weighted by atomic mass is 16.5. The van der Waals surface area contributed by atoms with Crippen molar-refractivity contribution in [3.05, 3.63) is 65.2 Å². The van der Waals surface area contributed by atoms with Crippen LogP contribution in [0.2, 0.25) is 0 Å². The van der Waals surface area contributed by atoms with Gasteiger partial charge in [-0.25, -0.2) is 0 Å². The Labute approximate surface area is 160 Å². The van der Waals surface area contributed by atoms with Gasteiger partial charge in [-0.3, -0.25) is 9.59 Å². The Morgan fingerprint density at radius 3 is 2.26 bits per heavy atom. The molecule has 0 saturated carbocycles. The summed E-state index contributed by atoms with van der Waals surface area (Å²) in [5.74, 6) is 0.948. The molecule has 3 rings (SSSR count). The van der Waals surface area contributed by atoms with E-state index in [-0.39, 0.29) is 11.8 Å². The molecule has 142 valence electrons. The summed E-state index contributed by atoms with van der Waals surface area (Å²) >= 11 is 0. The van der Waals surface area contributed by atoms with Crippen LogP contribution in [0.15, 0.2) is 48.5 Å². The van der Waals surface area contributed by atoms with Crippen molar-refractivity contribution in [2.45, 2.75) is 19.8 Å². The molecular formula is C22H26N2O3. The number of ether oxygens (including phenoxy) is 1. The average Bonchev–Trinajstić information content (AvgIpc) is 2.72. The maximum absolute atomic E-state index is 12.7. The standard InChI is InChI=1S/C22H26N2O3/c1-17-16-19(9-10-20(17)27-2)22(26)24-14-12-23(13-15-24)21(25)11-8-18-6-4-3-5-7-18/h3-7,9-10,16H,8,11-15H2,1-2H3. The predicted molar refractivity (Wildman–Crippen MR) is 105 cm³/mol. The maximum Gasteiger partial charge on any atom is 0.253 e. The van der Waals surface area contributed by atoms with Gasteiger partial charge in [0.05, 0.1) is 7.11 Å². The summed E-state index contributed by atoms with van der Waals surface area (Å²) in [7, 11) is 1.62. The monoisotopic (exact) mass is 366 g/mol. The number of benzene rings is 2. The number of piperazine rings is 1. The molecule has 2 aromatic carbocycles. The number of hydrogen-bond acceptors (Lipinski definition) is 3. The summed E-state index contributed by atoms with van der Waals surface area (Å²) < 4.78 is 5.25. The summed E-state index contributed by atoms with van der Waals surface area (Å²) in [4.78, 5) is 28.9. The first-order valence-corrected chi connectivity index (χ1v) is 9.34. The van der Waals surface area contributed by atoms with Crippen molar-refractivity contribution < 1.29 is 14.3 Å². The second-order valence-corrected chi connectivity index (χ2v) is 6.84. The molecule has 1 saturated heterocycles. The maximum atomic E-state index is 12.7. The molecule has 1 heterocycles. The largest absolute Gasteiger partial charge is 0.496 e. The number of rotatable bonds is 5. The zero-order chi connectivity index (χ0) is 19.2. The van der Waals surface area contributed by atoms with Gasteiger partial charge >= 0.3 is 0 Å². The van der Waals surface area contributed by atoms with E-state index in [1.54, 1.807) is 13.2 Å². The first-order valence-electron chi connectivity index (χ1n) is 9.34. The van der Waals surface area contributed by atoms with Crippen molar-refractivity contribution in [3.63, 3.8) is 0 Å². The quantitative estimate of drug-likeness (QED) is 0.818. The Kier molecular flexibility index (Phi) is 6.12. The number of methoxy groups -OCH3 is 1. The average molecular weight is 366 g/mol. The van der Waals surface area contributed by atoms with Gasteiger partial charge in [-0.2, -0.15) is 0 Å². The van der Waals surface area contributed by atoms with Gasteiger partial charge in [0, 0.05) is 38.2 Å². The third-order valence-corrected chi connectivity index (χ3v) is 5.03. The molecule has 0 bridgehead atoms. The lowest BCUT2D eigenvalue weighted by molar-refractivity contribution is -0.132. The van der Waals surface area contributed by atoms with Crippen LogP contribution in [-0.4, -0.2) is 54.9 Å². The van der Waals surface area contributed by atoms with E-state index in [4.69, 9.17) is 4.74 Å². The molecule has 27 heavy (non-hydrogen) atoms. The Morgan fingerprint density at radius 2 is 1.63 bits per heavy atom. The number of hydrogen-bond donors (Lipinski definition) is 0. The van der Waals surface area contributed by atoms with Crippen molar-refractivity contribution in [2.75, 3.05) is 33.3 Å². The molecule has 1 fully saturated rings.